The Morgan fingerprint density at radius 1 is 1.15 bits per heavy atom. The average Bonchev–Trinajstić information content (AvgIpc) is 2.87. The molecule has 27 heavy (non-hydrogen) atoms. The number of aromatic hydroxyl groups is 1. The number of thiocarbonyl (C=S) groups is 1. The molecule has 0 atom stereocenters. The molecule has 0 spiro atoms. The van der Waals surface area contributed by atoms with Gasteiger partial charge in [-0.15, -0.1) is 0 Å². The van der Waals surface area contributed by atoms with E-state index in [2.05, 4.69) is 15.8 Å². The molecule has 138 valence electrons. The first kappa shape index (κ1) is 18.4. The van der Waals surface area contributed by atoms with Gasteiger partial charge >= 0.3 is 0 Å². The highest BCUT2D eigenvalue weighted by Gasteiger charge is 2.16. The zero-order chi connectivity index (χ0) is 19.4. The van der Waals surface area contributed by atoms with Crippen molar-refractivity contribution in [3.8, 4) is 11.4 Å². The van der Waals surface area contributed by atoms with Crippen LogP contribution in [0.15, 0.2) is 64.5 Å². The second-order valence-electron chi connectivity index (χ2n) is 5.82. The van der Waals surface area contributed by atoms with Crippen molar-refractivity contribution in [3.63, 3.8) is 0 Å². The van der Waals surface area contributed by atoms with Crippen molar-refractivity contribution < 1.29 is 5.11 Å². The Morgan fingerprint density at radius 3 is 2.52 bits per heavy atom. The number of nitrogens with one attached hydrogen (secondary N) is 2. The lowest BCUT2D eigenvalue weighted by Crippen LogP contribution is -2.28. The van der Waals surface area contributed by atoms with E-state index in [-0.39, 0.29) is 16.4 Å². The lowest BCUT2D eigenvalue weighted by Gasteiger charge is -2.07. The molecule has 0 saturated carbocycles. The van der Waals surface area contributed by atoms with Crippen LogP contribution in [0.3, 0.4) is 0 Å². The van der Waals surface area contributed by atoms with Crippen LogP contribution in [0, 0.1) is 6.92 Å². The standard InChI is InChI=1S/C19H19N5O2S/c1-13-17(18(26)24(23(13)2)15-9-4-3-5-10-15)21-19(27)22-20-12-14-8-6-7-11-16(14)25/h3-12,25H,1-2H3,(H2,21,22,27)/b20-12-. The largest absolute Gasteiger partial charge is 0.507 e. The number of benzene rings is 2. The van der Waals surface area contributed by atoms with E-state index in [1.54, 1.807) is 33.6 Å². The predicted octanol–water partition coefficient (Wildman–Crippen LogP) is 2.51. The summed E-state index contributed by atoms with van der Waals surface area (Å²) in [6, 6.07) is 16.2. The third kappa shape index (κ3) is 3.90. The highest BCUT2D eigenvalue weighted by Crippen LogP contribution is 2.14. The van der Waals surface area contributed by atoms with Crippen LogP contribution >= 0.6 is 12.2 Å². The van der Waals surface area contributed by atoms with E-state index < -0.39 is 0 Å². The van der Waals surface area contributed by atoms with Gasteiger partial charge in [0.2, 0.25) is 0 Å². The van der Waals surface area contributed by atoms with Gasteiger partial charge in [-0.1, -0.05) is 30.3 Å². The van der Waals surface area contributed by atoms with Crippen molar-refractivity contribution in [2.24, 2.45) is 12.1 Å². The second kappa shape index (κ2) is 7.88. The molecule has 0 aliphatic heterocycles. The smallest absolute Gasteiger partial charge is 0.295 e. The molecule has 2 aromatic carbocycles. The van der Waals surface area contributed by atoms with Crippen molar-refractivity contribution in [3.05, 3.63) is 76.2 Å². The van der Waals surface area contributed by atoms with Gasteiger partial charge in [0.1, 0.15) is 11.4 Å². The first-order chi connectivity index (χ1) is 13.0. The molecule has 0 unspecified atom stereocenters. The lowest BCUT2D eigenvalue weighted by atomic mass is 10.2. The zero-order valence-corrected chi connectivity index (χ0v) is 15.7. The van der Waals surface area contributed by atoms with Crippen LogP contribution in [0.25, 0.3) is 5.69 Å². The highest BCUT2D eigenvalue weighted by atomic mass is 32.1. The molecule has 1 heterocycles. The fourth-order valence-electron chi connectivity index (χ4n) is 2.61. The van der Waals surface area contributed by atoms with Gasteiger partial charge in [0.05, 0.1) is 17.6 Å². The van der Waals surface area contributed by atoms with E-state index in [0.29, 0.717) is 11.3 Å². The van der Waals surface area contributed by atoms with E-state index >= 15 is 0 Å². The van der Waals surface area contributed by atoms with Crippen molar-refractivity contribution in [1.82, 2.24) is 14.8 Å². The number of phenolic OH excluding ortho intramolecular Hbond substituents is 1. The van der Waals surface area contributed by atoms with Gasteiger partial charge in [0.15, 0.2) is 5.11 Å². The minimum absolute atomic E-state index is 0.117. The quantitative estimate of drug-likeness (QED) is 0.367. The molecule has 0 saturated heterocycles. The maximum atomic E-state index is 12.8. The highest BCUT2D eigenvalue weighted by molar-refractivity contribution is 7.80. The van der Waals surface area contributed by atoms with Crippen LogP contribution < -0.4 is 16.3 Å². The van der Waals surface area contributed by atoms with Crippen LogP contribution in [0.1, 0.15) is 11.3 Å². The summed E-state index contributed by atoms with van der Waals surface area (Å²) in [6.45, 7) is 1.83. The number of hydrazone groups is 1. The van der Waals surface area contributed by atoms with E-state index in [4.69, 9.17) is 12.2 Å². The number of aromatic nitrogens is 2. The minimum atomic E-state index is -0.213. The number of para-hydroxylation sites is 2. The van der Waals surface area contributed by atoms with Gasteiger partial charge in [-0.3, -0.25) is 14.9 Å². The number of anilines is 1. The molecule has 8 heteroatoms. The van der Waals surface area contributed by atoms with Crippen molar-refractivity contribution in [2.45, 2.75) is 6.92 Å². The lowest BCUT2D eigenvalue weighted by molar-refractivity contribution is 0.474. The number of hydrogen-bond acceptors (Lipinski definition) is 4. The average molecular weight is 381 g/mol. The second-order valence-corrected chi connectivity index (χ2v) is 6.23. The number of phenols is 1. The Labute approximate surface area is 161 Å². The van der Waals surface area contributed by atoms with E-state index in [1.165, 1.54) is 6.21 Å². The summed E-state index contributed by atoms with van der Waals surface area (Å²) in [7, 11) is 1.81. The van der Waals surface area contributed by atoms with Crippen molar-refractivity contribution >= 4 is 29.2 Å². The topological polar surface area (TPSA) is 83.6 Å². The van der Waals surface area contributed by atoms with E-state index in [9.17, 15) is 9.90 Å². The Balaban J connectivity index is 1.77. The number of rotatable bonds is 4. The van der Waals surface area contributed by atoms with Gasteiger partial charge in [0, 0.05) is 12.6 Å². The van der Waals surface area contributed by atoms with Gasteiger partial charge in [0.25, 0.3) is 5.56 Å². The Bertz CT molecular complexity index is 1050. The SMILES string of the molecule is Cc1c(NC(=S)N/N=C\c2ccccc2O)c(=O)n(-c2ccccc2)n1C. The Morgan fingerprint density at radius 2 is 1.81 bits per heavy atom. The molecule has 1 aromatic heterocycles. The zero-order valence-electron chi connectivity index (χ0n) is 14.9. The summed E-state index contributed by atoms with van der Waals surface area (Å²) < 4.78 is 3.32. The molecule has 3 N–H and O–H groups in total. The van der Waals surface area contributed by atoms with E-state index in [1.807, 2.05) is 44.3 Å². The third-order valence-corrected chi connectivity index (χ3v) is 4.29. The molecular weight excluding hydrogens is 362 g/mol. The maximum absolute atomic E-state index is 12.8. The number of nitrogens with zero attached hydrogens (tertiary/aromatic N) is 3. The van der Waals surface area contributed by atoms with E-state index in [0.717, 1.165) is 11.4 Å². The number of hydrogen-bond donors (Lipinski definition) is 3. The molecule has 0 radical (unpaired) electrons. The summed E-state index contributed by atoms with van der Waals surface area (Å²) in [5.74, 6) is 0.117. The van der Waals surface area contributed by atoms with Crippen LogP contribution in [0.5, 0.6) is 5.75 Å². The predicted molar refractivity (Wildman–Crippen MR) is 111 cm³/mol. The van der Waals surface area contributed by atoms with Gasteiger partial charge in [-0.05, 0) is 43.4 Å². The fourth-order valence-corrected chi connectivity index (χ4v) is 2.77. The first-order valence-electron chi connectivity index (χ1n) is 8.21. The third-order valence-electron chi connectivity index (χ3n) is 4.10. The molecule has 7 nitrogen and oxygen atoms in total. The van der Waals surface area contributed by atoms with Gasteiger partial charge in [-0.2, -0.15) is 5.10 Å². The van der Waals surface area contributed by atoms with Gasteiger partial charge in [-0.25, -0.2) is 4.68 Å². The van der Waals surface area contributed by atoms with Crippen LogP contribution in [-0.2, 0) is 7.05 Å². The summed E-state index contributed by atoms with van der Waals surface area (Å²) in [5, 5.41) is 16.8. The summed E-state index contributed by atoms with van der Waals surface area (Å²) in [4.78, 5) is 12.8. The molecule has 0 aliphatic rings. The summed E-state index contributed by atoms with van der Waals surface area (Å²) in [5.41, 5.74) is 4.86. The summed E-state index contributed by atoms with van der Waals surface area (Å²) in [6.07, 6.45) is 1.45. The van der Waals surface area contributed by atoms with Crippen molar-refractivity contribution in [2.75, 3.05) is 5.32 Å². The summed E-state index contributed by atoms with van der Waals surface area (Å²) >= 11 is 5.22. The molecule has 0 bridgehead atoms. The van der Waals surface area contributed by atoms with Crippen LogP contribution in [0.2, 0.25) is 0 Å². The van der Waals surface area contributed by atoms with Crippen molar-refractivity contribution in [1.29, 1.82) is 0 Å². The molecule has 0 aliphatic carbocycles. The Hall–Kier alpha value is -3.39. The Kier molecular flexibility index (Phi) is 5.37. The first-order valence-corrected chi connectivity index (χ1v) is 8.62. The maximum Gasteiger partial charge on any atom is 0.295 e. The fraction of sp³-hybridized carbons (Fsp3) is 0.105. The normalized spacial score (nSPS) is 10.9. The molecule has 0 amide bonds. The minimum Gasteiger partial charge on any atom is -0.507 e. The molecular formula is C19H19N5O2S. The molecule has 3 rings (SSSR count). The molecule has 0 fully saturated rings. The van der Waals surface area contributed by atoms with Gasteiger partial charge < -0.3 is 10.4 Å². The monoisotopic (exact) mass is 381 g/mol. The van der Waals surface area contributed by atoms with Crippen LogP contribution in [0.4, 0.5) is 5.69 Å². The van der Waals surface area contributed by atoms with Crippen LogP contribution in [-0.4, -0.2) is 25.8 Å². The molecule has 3 aromatic rings.